The van der Waals surface area contributed by atoms with Gasteiger partial charge in [-0.1, -0.05) is 80.3 Å². The van der Waals surface area contributed by atoms with Gasteiger partial charge in [0.15, 0.2) is 0 Å². The zero-order valence-electron chi connectivity index (χ0n) is 15.9. The first kappa shape index (κ1) is 13.3. The van der Waals surface area contributed by atoms with Crippen molar-refractivity contribution in [3.05, 3.63) is 84.1 Å². The van der Waals surface area contributed by atoms with Crippen molar-refractivity contribution in [3.63, 3.8) is 0 Å². The number of nitrogens with zero attached hydrogens (tertiary/aromatic N) is 1. The number of hydrogen-bond acceptors (Lipinski definition) is 1. The molecule has 1 heterocycles. The van der Waals surface area contributed by atoms with Gasteiger partial charge in [-0.05, 0) is 28.8 Å². The predicted octanol–water partition coefficient (Wildman–Crippen LogP) is 4.88. The molecular formula is C21H23NSi. The molecule has 0 bridgehead atoms. The van der Waals surface area contributed by atoms with Crippen molar-refractivity contribution < 1.29 is 2.74 Å². The summed E-state index contributed by atoms with van der Waals surface area (Å²) in [6, 6.07) is 21.1. The lowest BCUT2D eigenvalue weighted by Crippen LogP contribution is -2.37. The van der Waals surface area contributed by atoms with Crippen LogP contribution in [0.15, 0.2) is 72.9 Å². The van der Waals surface area contributed by atoms with Crippen molar-refractivity contribution >= 4 is 13.3 Å². The van der Waals surface area contributed by atoms with E-state index in [-0.39, 0.29) is 0 Å². The Kier molecular flexibility index (Phi) is 3.75. The largest absolute Gasteiger partial charge is 0.256 e. The van der Waals surface area contributed by atoms with E-state index < -0.39 is 14.4 Å². The summed E-state index contributed by atoms with van der Waals surface area (Å²) in [5.41, 5.74) is 2.96. The Labute approximate surface area is 142 Å². The SMILES string of the molecule is [2H]C([2H])(c1ccccc1)c1ccccc1-c1ccc([Si](C)(C)C)cn1. The van der Waals surface area contributed by atoms with Gasteiger partial charge in [0.2, 0.25) is 0 Å². The molecule has 0 atom stereocenters. The molecule has 3 rings (SSSR count). The highest BCUT2D eigenvalue weighted by Crippen LogP contribution is 2.23. The van der Waals surface area contributed by atoms with Crippen LogP contribution in [0.3, 0.4) is 0 Å². The maximum absolute atomic E-state index is 8.69. The minimum atomic E-state index is -1.57. The van der Waals surface area contributed by atoms with Crippen LogP contribution >= 0.6 is 0 Å². The van der Waals surface area contributed by atoms with Gasteiger partial charge in [-0.25, -0.2) is 0 Å². The van der Waals surface area contributed by atoms with Crippen LogP contribution < -0.4 is 5.19 Å². The van der Waals surface area contributed by atoms with E-state index >= 15 is 0 Å². The second-order valence-corrected chi connectivity index (χ2v) is 11.8. The molecule has 0 unspecified atom stereocenters. The van der Waals surface area contributed by atoms with E-state index in [4.69, 9.17) is 2.74 Å². The third kappa shape index (κ3) is 3.77. The molecule has 116 valence electrons. The smallest absolute Gasteiger partial charge is 0.0796 e. The summed E-state index contributed by atoms with van der Waals surface area (Å²) < 4.78 is 17.4. The van der Waals surface area contributed by atoms with E-state index in [1.807, 2.05) is 66.9 Å². The molecular weight excluding hydrogens is 294 g/mol. The van der Waals surface area contributed by atoms with E-state index in [1.54, 1.807) is 0 Å². The summed E-state index contributed by atoms with van der Waals surface area (Å²) in [6.07, 6.45) is 0.382. The number of aromatic nitrogens is 1. The lowest BCUT2D eigenvalue weighted by Gasteiger charge is -2.16. The molecule has 0 radical (unpaired) electrons. The normalized spacial score (nSPS) is 13.3. The molecule has 23 heavy (non-hydrogen) atoms. The molecule has 1 nitrogen and oxygen atoms in total. The zero-order chi connectivity index (χ0) is 18.1. The van der Waals surface area contributed by atoms with Crippen LogP contribution in [-0.4, -0.2) is 13.1 Å². The van der Waals surface area contributed by atoms with Gasteiger partial charge in [0, 0.05) is 14.5 Å². The van der Waals surface area contributed by atoms with Gasteiger partial charge >= 0.3 is 0 Å². The van der Waals surface area contributed by atoms with Crippen LogP contribution in [0.5, 0.6) is 0 Å². The van der Waals surface area contributed by atoms with Gasteiger partial charge in [0.25, 0.3) is 0 Å². The maximum Gasteiger partial charge on any atom is 0.0796 e. The van der Waals surface area contributed by atoms with Crippen LogP contribution in [-0.2, 0) is 6.37 Å². The highest BCUT2D eigenvalue weighted by molar-refractivity contribution is 6.88. The number of rotatable bonds is 4. The van der Waals surface area contributed by atoms with Gasteiger partial charge in [-0.3, -0.25) is 4.98 Å². The third-order valence-corrected chi connectivity index (χ3v) is 5.91. The molecule has 0 fully saturated rings. The van der Waals surface area contributed by atoms with Crippen molar-refractivity contribution in [1.29, 1.82) is 0 Å². The molecule has 0 aliphatic heterocycles. The van der Waals surface area contributed by atoms with Gasteiger partial charge in [-0.15, -0.1) is 0 Å². The van der Waals surface area contributed by atoms with Crippen LogP contribution in [0.25, 0.3) is 11.3 Å². The van der Waals surface area contributed by atoms with Crippen molar-refractivity contribution in [1.82, 2.24) is 4.98 Å². The summed E-state index contributed by atoms with van der Waals surface area (Å²) in [4.78, 5) is 4.65. The molecule has 0 spiro atoms. The van der Waals surface area contributed by atoms with Crippen LogP contribution in [0.4, 0.5) is 0 Å². The average Bonchev–Trinajstić information content (AvgIpc) is 2.62. The Morgan fingerprint density at radius 1 is 0.870 bits per heavy atom. The average molecular weight is 320 g/mol. The number of pyridine rings is 1. The Hall–Kier alpha value is -2.19. The topological polar surface area (TPSA) is 12.9 Å². The first-order chi connectivity index (χ1) is 11.8. The fraction of sp³-hybridized carbons (Fsp3) is 0.190. The van der Waals surface area contributed by atoms with Gasteiger partial charge < -0.3 is 0 Å². The second-order valence-electron chi connectivity index (χ2n) is 6.72. The second kappa shape index (κ2) is 6.51. The first-order valence-electron chi connectivity index (χ1n) is 8.92. The quantitative estimate of drug-likeness (QED) is 0.624. The van der Waals surface area contributed by atoms with E-state index in [2.05, 4.69) is 30.7 Å². The maximum atomic E-state index is 8.69. The van der Waals surface area contributed by atoms with E-state index in [0.717, 1.165) is 11.3 Å². The monoisotopic (exact) mass is 319 g/mol. The molecule has 0 aliphatic carbocycles. The predicted molar refractivity (Wildman–Crippen MR) is 102 cm³/mol. The van der Waals surface area contributed by atoms with Gasteiger partial charge in [-0.2, -0.15) is 0 Å². The van der Waals surface area contributed by atoms with E-state index in [1.165, 1.54) is 5.19 Å². The summed E-state index contributed by atoms with van der Waals surface area (Å²) in [6.45, 7) is 6.89. The molecule has 0 saturated heterocycles. The Morgan fingerprint density at radius 3 is 2.22 bits per heavy atom. The molecule has 0 saturated carbocycles. The summed E-state index contributed by atoms with van der Waals surface area (Å²) in [5.74, 6) is 0. The standard InChI is InChI=1S/C21H23NSi/c1-23(2,3)19-13-14-21(22-16-19)20-12-8-7-11-18(20)15-17-9-5-4-6-10-17/h4-14,16H,15H2,1-3H3/i15D2. The Balaban J connectivity index is 2.08. The summed E-state index contributed by atoms with van der Waals surface area (Å²) >= 11 is 0. The minimum absolute atomic E-state index is 0.648. The van der Waals surface area contributed by atoms with Crippen LogP contribution in [0.1, 0.15) is 13.9 Å². The van der Waals surface area contributed by atoms with Gasteiger partial charge in [0.1, 0.15) is 0 Å². The summed E-state index contributed by atoms with van der Waals surface area (Å²) in [5, 5.41) is 1.31. The zero-order valence-corrected chi connectivity index (χ0v) is 14.9. The molecule has 2 heteroatoms. The Morgan fingerprint density at radius 2 is 1.57 bits per heavy atom. The lowest BCUT2D eigenvalue weighted by atomic mass is 9.97. The fourth-order valence-corrected chi connectivity index (χ4v) is 3.52. The third-order valence-electron chi connectivity index (χ3n) is 3.89. The molecule has 0 amide bonds. The van der Waals surface area contributed by atoms with Crippen molar-refractivity contribution in [2.24, 2.45) is 0 Å². The Bertz CT molecular complexity index is 853. The van der Waals surface area contributed by atoms with Crippen LogP contribution in [0, 0.1) is 0 Å². The summed E-state index contributed by atoms with van der Waals surface area (Å²) in [7, 11) is -1.40. The minimum Gasteiger partial charge on any atom is -0.256 e. The van der Waals surface area contributed by atoms with Crippen molar-refractivity contribution in [2.75, 3.05) is 0 Å². The van der Waals surface area contributed by atoms with Crippen molar-refractivity contribution in [3.8, 4) is 11.3 Å². The highest BCUT2D eigenvalue weighted by Gasteiger charge is 2.17. The lowest BCUT2D eigenvalue weighted by molar-refractivity contribution is 1.18. The first-order valence-corrected chi connectivity index (χ1v) is 11.4. The highest BCUT2D eigenvalue weighted by atomic mass is 28.3. The molecule has 2 aromatic carbocycles. The molecule has 1 aromatic heterocycles. The van der Waals surface area contributed by atoms with E-state index in [9.17, 15) is 0 Å². The number of benzene rings is 2. The number of hydrogen-bond donors (Lipinski definition) is 0. The molecule has 0 aliphatic rings. The molecule has 3 aromatic rings. The molecule has 0 N–H and O–H groups in total. The van der Waals surface area contributed by atoms with Gasteiger partial charge in [0.05, 0.1) is 13.8 Å². The fourth-order valence-electron chi connectivity index (χ4n) is 2.49. The van der Waals surface area contributed by atoms with Crippen molar-refractivity contribution in [2.45, 2.75) is 26.0 Å². The van der Waals surface area contributed by atoms with Crippen LogP contribution in [0.2, 0.25) is 19.6 Å². The van der Waals surface area contributed by atoms with E-state index in [0.29, 0.717) is 11.1 Å².